The minimum Gasteiger partial charge on any atom is -0.392 e. The second-order valence-electron chi connectivity index (χ2n) is 4.66. The van der Waals surface area contributed by atoms with Crippen molar-refractivity contribution >= 4 is 10.0 Å². The SMILES string of the molecule is CN(Cc1ccccc1)S(=O)(=O)c1cc(F)ccc1CO. The Morgan fingerprint density at radius 3 is 2.43 bits per heavy atom. The number of aliphatic hydroxyl groups excluding tert-OH is 1. The summed E-state index contributed by atoms with van der Waals surface area (Å²) in [5.41, 5.74) is 1.00. The van der Waals surface area contributed by atoms with E-state index >= 15 is 0 Å². The van der Waals surface area contributed by atoms with Crippen LogP contribution in [0.25, 0.3) is 0 Å². The van der Waals surface area contributed by atoms with Crippen molar-refractivity contribution in [1.29, 1.82) is 0 Å². The van der Waals surface area contributed by atoms with Crippen LogP contribution >= 0.6 is 0 Å². The Morgan fingerprint density at radius 1 is 1.14 bits per heavy atom. The Balaban J connectivity index is 2.35. The van der Waals surface area contributed by atoms with Gasteiger partial charge >= 0.3 is 0 Å². The van der Waals surface area contributed by atoms with E-state index < -0.39 is 22.4 Å². The maximum atomic E-state index is 13.3. The molecule has 0 aliphatic heterocycles. The quantitative estimate of drug-likeness (QED) is 0.920. The molecule has 0 aromatic heterocycles. The van der Waals surface area contributed by atoms with Gasteiger partial charge in [-0.3, -0.25) is 0 Å². The predicted molar refractivity (Wildman–Crippen MR) is 77.4 cm³/mol. The van der Waals surface area contributed by atoms with Crippen molar-refractivity contribution < 1.29 is 17.9 Å². The highest BCUT2D eigenvalue weighted by Crippen LogP contribution is 2.22. The number of aliphatic hydroxyl groups is 1. The second kappa shape index (κ2) is 6.34. The third-order valence-corrected chi connectivity index (χ3v) is 5.02. The summed E-state index contributed by atoms with van der Waals surface area (Å²) in [4.78, 5) is -0.205. The molecule has 0 heterocycles. The van der Waals surface area contributed by atoms with Gasteiger partial charge in [-0.25, -0.2) is 12.8 Å². The summed E-state index contributed by atoms with van der Waals surface area (Å²) < 4.78 is 39.5. The Labute approximate surface area is 123 Å². The molecule has 21 heavy (non-hydrogen) atoms. The number of benzene rings is 2. The number of hydrogen-bond donors (Lipinski definition) is 1. The van der Waals surface area contributed by atoms with Gasteiger partial charge in [-0.1, -0.05) is 36.4 Å². The Hall–Kier alpha value is -1.76. The molecule has 0 saturated carbocycles. The van der Waals surface area contributed by atoms with E-state index in [4.69, 9.17) is 0 Å². The highest BCUT2D eigenvalue weighted by Gasteiger charge is 2.24. The van der Waals surface area contributed by atoms with Crippen LogP contribution in [0.2, 0.25) is 0 Å². The Bertz CT molecular complexity index is 717. The van der Waals surface area contributed by atoms with E-state index in [1.807, 2.05) is 30.3 Å². The summed E-state index contributed by atoms with van der Waals surface area (Å²) in [6.07, 6.45) is 0. The van der Waals surface area contributed by atoms with Crippen molar-refractivity contribution in [3.8, 4) is 0 Å². The van der Waals surface area contributed by atoms with Crippen LogP contribution in [0.1, 0.15) is 11.1 Å². The van der Waals surface area contributed by atoms with Crippen LogP contribution in [-0.2, 0) is 23.2 Å². The number of hydrogen-bond acceptors (Lipinski definition) is 3. The van der Waals surface area contributed by atoms with Crippen molar-refractivity contribution in [1.82, 2.24) is 4.31 Å². The standard InChI is InChI=1S/C15H16FNO3S/c1-17(10-12-5-3-2-4-6-12)21(19,20)15-9-14(16)8-7-13(15)11-18/h2-9,18H,10-11H2,1H3. The number of rotatable bonds is 5. The van der Waals surface area contributed by atoms with E-state index in [-0.39, 0.29) is 17.0 Å². The highest BCUT2D eigenvalue weighted by molar-refractivity contribution is 7.89. The molecule has 0 unspecified atom stereocenters. The summed E-state index contributed by atoms with van der Waals surface area (Å²) in [6, 6.07) is 12.4. The van der Waals surface area contributed by atoms with Crippen molar-refractivity contribution in [2.45, 2.75) is 18.0 Å². The first-order valence-electron chi connectivity index (χ1n) is 6.34. The summed E-state index contributed by atoms with van der Waals surface area (Å²) in [7, 11) is -2.44. The smallest absolute Gasteiger partial charge is 0.243 e. The van der Waals surface area contributed by atoms with E-state index in [9.17, 15) is 17.9 Å². The zero-order chi connectivity index (χ0) is 15.5. The maximum absolute atomic E-state index is 13.3. The zero-order valence-corrected chi connectivity index (χ0v) is 12.3. The molecular weight excluding hydrogens is 293 g/mol. The fourth-order valence-electron chi connectivity index (χ4n) is 1.99. The topological polar surface area (TPSA) is 57.6 Å². The summed E-state index contributed by atoms with van der Waals surface area (Å²) in [6.45, 7) is -0.293. The molecule has 6 heteroatoms. The van der Waals surface area contributed by atoms with Gasteiger partial charge in [0.2, 0.25) is 10.0 Å². The van der Waals surface area contributed by atoms with Gasteiger partial charge in [0, 0.05) is 13.6 Å². The summed E-state index contributed by atoms with van der Waals surface area (Å²) in [5.74, 6) is -0.654. The largest absolute Gasteiger partial charge is 0.392 e. The van der Waals surface area contributed by atoms with Crippen LogP contribution < -0.4 is 0 Å². The molecule has 112 valence electrons. The lowest BCUT2D eigenvalue weighted by atomic mass is 10.2. The third kappa shape index (κ3) is 3.47. The van der Waals surface area contributed by atoms with Gasteiger partial charge < -0.3 is 5.11 Å². The maximum Gasteiger partial charge on any atom is 0.243 e. The molecule has 0 spiro atoms. The van der Waals surface area contributed by atoms with Gasteiger partial charge in [0.1, 0.15) is 5.82 Å². The van der Waals surface area contributed by atoms with Crippen molar-refractivity contribution in [2.24, 2.45) is 0 Å². The molecule has 0 radical (unpaired) electrons. The number of nitrogens with zero attached hydrogens (tertiary/aromatic N) is 1. The lowest BCUT2D eigenvalue weighted by molar-refractivity contribution is 0.278. The van der Waals surface area contributed by atoms with Crippen LogP contribution in [0.5, 0.6) is 0 Å². The summed E-state index contributed by atoms with van der Waals surface area (Å²) >= 11 is 0. The van der Waals surface area contributed by atoms with Crippen molar-refractivity contribution in [3.63, 3.8) is 0 Å². The minimum atomic E-state index is -3.87. The normalized spacial score (nSPS) is 11.8. The van der Waals surface area contributed by atoms with Gasteiger partial charge in [-0.2, -0.15) is 4.31 Å². The predicted octanol–water partition coefficient (Wildman–Crippen LogP) is 2.14. The third-order valence-electron chi connectivity index (χ3n) is 3.14. The van der Waals surface area contributed by atoms with Crippen molar-refractivity contribution in [3.05, 3.63) is 65.5 Å². The molecule has 2 aromatic rings. The highest BCUT2D eigenvalue weighted by atomic mass is 32.2. The molecule has 1 N–H and O–H groups in total. The second-order valence-corrected chi connectivity index (χ2v) is 6.67. The molecule has 2 aromatic carbocycles. The van der Waals surface area contributed by atoms with Crippen LogP contribution in [0, 0.1) is 5.82 Å². The fraction of sp³-hybridized carbons (Fsp3) is 0.200. The first-order chi connectivity index (χ1) is 9.95. The Morgan fingerprint density at radius 2 is 1.81 bits per heavy atom. The molecule has 0 amide bonds. The average molecular weight is 309 g/mol. The molecule has 0 atom stereocenters. The molecule has 0 aliphatic rings. The molecule has 0 fully saturated rings. The van der Waals surface area contributed by atoms with E-state index in [1.54, 1.807) is 0 Å². The van der Waals surface area contributed by atoms with Gasteiger partial charge in [0.25, 0.3) is 0 Å². The number of halogens is 1. The van der Waals surface area contributed by atoms with Crippen molar-refractivity contribution in [2.75, 3.05) is 7.05 Å². The van der Waals surface area contributed by atoms with E-state index in [2.05, 4.69) is 0 Å². The Kier molecular flexibility index (Phi) is 4.72. The monoisotopic (exact) mass is 309 g/mol. The molecule has 2 rings (SSSR count). The van der Waals surface area contributed by atoms with Crippen LogP contribution in [-0.4, -0.2) is 24.9 Å². The summed E-state index contributed by atoms with van der Waals surface area (Å²) in [5, 5.41) is 9.24. The minimum absolute atomic E-state index is 0.171. The first-order valence-corrected chi connectivity index (χ1v) is 7.78. The lowest BCUT2D eigenvalue weighted by Crippen LogP contribution is -2.27. The molecule has 0 bridgehead atoms. The molecular formula is C15H16FNO3S. The van der Waals surface area contributed by atoms with Crippen LogP contribution in [0.4, 0.5) is 4.39 Å². The average Bonchev–Trinajstić information content (AvgIpc) is 2.48. The van der Waals surface area contributed by atoms with Gasteiger partial charge in [-0.05, 0) is 23.3 Å². The van der Waals surface area contributed by atoms with Gasteiger partial charge in [0.05, 0.1) is 11.5 Å². The van der Waals surface area contributed by atoms with Gasteiger partial charge in [-0.15, -0.1) is 0 Å². The number of sulfonamides is 1. The zero-order valence-electron chi connectivity index (χ0n) is 11.5. The molecule has 0 saturated heterocycles. The first kappa shape index (κ1) is 15.6. The van der Waals surface area contributed by atoms with E-state index in [1.165, 1.54) is 13.1 Å². The fourth-order valence-corrected chi connectivity index (χ4v) is 3.37. The van der Waals surface area contributed by atoms with E-state index in [0.29, 0.717) is 0 Å². The van der Waals surface area contributed by atoms with Crippen LogP contribution in [0.15, 0.2) is 53.4 Å². The van der Waals surface area contributed by atoms with E-state index in [0.717, 1.165) is 22.0 Å². The lowest BCUT2D eigenvalue weighted by Gasteiger charge is -2.19. The molecule has 4 nitrogen and oxygen atoms in total. The van der Waals surface area contributed by atoms with Gasteiger partial charge in [0.15, 0.2) is 0 Å². The molecule has 0 aliphatic carbocycles. The van der Waals surface area contributed by atoms with Crippen LogP contribution in [0.3, 0.4) is 0 Å².